The van der Waals surface area contributed by atoms with Crippen LogP contribution in [0.25, 0.3) is 0 Å². The van der Waals surface area contributed by atoms with E-state index >= 15 is 0 Å². The topological polar surface area (TPSA) is 57.6 Å². The van der Waals surface area contributed by atoms with Crippen molar-refractivity contribution in [3.05, 3.63) is 61.2 Å². The van der Waals surface area contributed by atoms with Gasteiger partial charge in [0.1, 0.15) is 6.33 Å². The molecule has 2 heterocycles. The van der Waals surface area contributed by atoms with Gasteiger partial charge in [-0.2, -0.15) is 4.37 Å². The highest BCUT2D eigenvalue weighted by atomic mass is 32.1. The first-order chi connectivity index (χ1) is 11.8. The number of rotatable bonds is 7. The summed E-state index contributed by atoms with van der Waals surface area (Å²) >= 11 is 1.23. The molecule has 1 aromatic carbocycles. The third-order valence-electron chi connectivity index (χ3n) is 3.60. The van der Waals surface area contributed by atoms with Gasteiger partial charge in [0.25, 0.3) is 0 Å². The number of hydrogen-bond acceptors (Lipinski definition) is 6. The highest BCUT2D eigenvalue weighted by Crippen LogP contribution is 2.22. The Bertz CT molecular complexity index is 756. The Balaban J connectivity index is 1.62. The van der Waals surface area contributed by atoms with Crippen LogP contribution in [0.4, 0.5) is 16.5 Å². The summed E-state index contributed by atoms with van der Waals surface area (Å²) in [5.41, 5.74) is 1.99. The number of hydrogen-bond donors (Lipinski definition) is 0. The van der Waals surface area contributed by atoms with Crippen molar-refractivity contribution in [2.24, 2.45) is 10.2 Å². The van der Waals surface area contributed by atoms with Gasteiger partial charge in [-0.1, -0.05) is 6.07 Å². The molecule has 6 nitrogen and oxygen atoms in total. The van der Waals surface area contributed by atoms with Gasteiger partial charge in [0.05, 0.1) is 12.2 Å². The van der Waals surface area contributed by atoms with Gasteiger partial charge in [-0.3, -0.25) is 0 Å². The van der Waals surface area contributed by atoms with Crippen molar-refractivity contribution < 1.29 is 4.57 Å². The van der Waals surface area contributed by atoms with E-state index in [1.165, 1.54) is 23.5 Å². The van der Waals surface area contributed by atoms with E-state index in [-0.39, 0.29) is 0 Å². The number of nitrogens with zero attached hydrogens (tertiary/aromatic N) is 6. The quantitative estimate of drug-likeness (QED) is 0.486. The van der Waals surface area contributed by atoms with E-state index in [1.54, 1.807) is 0 Å². The predicted molar refractivity (Wildman–Crippen MR) is 95.1 cm³/mol. The van der Waals surface area contributed by atoms with Gasteiger partial charge in [-0.05, 0) is 31.2 Å². The minimum absolute atomic E-state index is 0.564. The fourth-order valence-electron chi connectivity index (χ4n) is 2.33. The van der Waals surface area contributed by atoms with Crippen LogP contribution in [-0.4, -0.2) is 22.4 Å². The molecule has 0 amide bonds. The molecule has 0 aliphatic carbocycles. The second-order valence-electron chi connectivity index (χ2n) is 5.13. The number of pyridine rings is 1. The van der Waals surface area contributed by atoms with Gasteiger partial charge in [0, 0.05) is 35.9 Å². The molecule has 0 unspecified atom stereocenters. The molecule has 3 aromatic rings. The van der Waals surface area contributed by atoms with E-state index in [9.17, 15) is 0 Å². The molecule has 2 aromatic heterocycles. The summed E-state index contributed by atoms with van der Waals surface area (Å²) in [7, 11) is 0. The lowest BCUT2D eigenvalue weighted by molar-refractivity contribution is -0.694. The third kappa shape index (κ3) is 4.42. The van der Waals surface area contributed by atoms with Crippen LogP contribution < -0.4 is 9.47 Å². The Morgan fingerprint density at radius 2 is 1.88 bits per heavy atom. The molecule has 0 radical (unpaired) electrons. The third-order valence-corrected chi connectivity index (χ3v) is 4.15. The molecule has 0 aliphatic rings. The summed E-state index contributed by atoms with van der Waals surface area (Å²) in [6.45, 7) is 5.03. The van der Waals surface area contributed by atoms with E-state index in [4.69, 9.17) is 0 Å². The summed E-state index contributed by atoms with van der Waals surface area (Å²) in [6, 6.07) is 14.2. The lowest BCUT2D eigenvalue weighted by Gasteiger charge is -2.21. The van der Waals surface area contributed by atoms with Crippen molar-refractivity contribution in [2.75, 3.05) is 18.0 Å². The molecule has 122 valence electrons. The maximum absolute atomic E-state index is 4.18. The Morgan fingerprint density at radius 1 is 1.08 bits per heavy atom. The van der Waals surface area contributed by atoms with Gasteiger partial charge in [0.2, 0.25) is 5.13 Å². The Hall–Kier alpha value is -2.67. The lowest BCUT2D eigenvalue weighted by atomic mass is 10.2. The fraction of sp³-hybridized carbons (Fsp3) is 0.235. The van der Waals surface area contributed by atoms with E-state index in [1.807, 2.05) is 30.3 Å². The van der Waals surface area contributed by atoms with Crippen molar-refractivity contribution in [1.29, 1.82) is 0 Å². The van der Waals surface area contributed by atoms with Crippen LogP contribution in [0.1, 0.15) is 6.92 Å². The molecule has 0 bridgehead atoms. The summed E-state index contributed by atoms with van der Waals surface area (Å²) in [5.74, 6) is 0. The zero-order chi connectivity index (χ0) is 16.6. The lowest BCUT2D eigenvalue weighted by Crippen LogP contribution is -2.40. The van der Waals surface area contributed by atoms with Gasteiger partial charge in [0.15, 0.2) is 18.9 Å². The summed E-state index contributed by atoms with van der Waals surface area (Å²) in [4.78, 5) is 6.32. The molecule has 0 fully saturated rings. The Labute approximate surface area is 145 Å². The zero-order valence-corrected chi connectivity index (χ0v) is 14.3. The van der Waals surface area contributed by atoms with E-state index in [2.05, 4.69) is 60.5 Å². The highest BCUT2D eigenvalue weighted by Gasteiger charge is 2.07. The Kier molecular flexibility index (Phi) is 5.57. The summed E-state index contributed by atoms with van der Waals surface area (Å²) in [6.07, 6.45) is 5.65. The zero-order valence-electron chi connectivity index (χ0n) is 13.5. The molecular weight excluding hydrogens is 320 g/mol. The fourth-order valence-corrected chi connectivity index (χ4v) is 2.69. The molecule has 7 heteroatoms. The number of aromatic nitrogens is 3. The summed E-state index contributed by atoms with van der Waals surface area (Å²) in [5, 5.41) is 8.80. The SMILES string of the molecule is CCN(CC[n+]1ccccc1)c1ccc(N=Nc2ncns2)cc1. The van der Waals surface area contributed by atoms with Crippen molar-refractivity contribution in [3.63, 3.8) is 0 Å². The van der Waals surface area contributed by atoms with Gasteiger partial charge >= 0.3 is 0 Å². The van der Waals surface area contributed by atoms with E-state index in [0.29, 0.717) is 5.13 Å². The molecule has 3 rings (SSSR count). The maximum Gasteiger partial charge on any atom is 0.249 e. The van der Waals surface area contributed by atoms with Gasteiger partial charge in [-0.25, -0.2) is 9.55 Å². The minimum atomic E-state index is 0.564. The largest absolute Gasteiger partial charge is 0.365 e. The summed E-state index contributed by atoms with van der Waals surface area (Å²) < 4.78 is 6.08. The second-order valence-corrected chi connectivity index (χ2v) is 5.89. The minimum Gasteiger partial charge on any atom is -0.365 e. The first-order valence-corrected chi connectivity index (χ1v) is 8.60. The molecule has 0 N–H and O–H groups in total. The first-order valence-electron chi connectivity index (χ1n) is 7.82. The molecule has 0 atom stereocenters. The Morgan fingerprint density at radius 3 is 2.54 bits per heavy atom. The second kappa shape index (κ2) is 8.26. The van der Waals surface area contributed by atoms with Crippen LogP contribution in [0.5, 0.6) is 0 Å². The molecule has 0 saturated carbocycles. The molecule has 0 spiro atoms. The van der Waals surface area contributed by atoms with E-state index < -0.39 is 0 Å². The molecule has 0 aliphatic heterocycles. The highest BCUT2D eigenvalue weighted by molar-refractivity contribution is 7.09. The van der Waals surface area contributed by atoms with Gasteiger partial charge in [-0.15, -0.1) is 10.2 Å². The standard InChI is InChI=1S/C17H19N6S/c1-2-23(13-12-22-10-4-3-5-11-22)16-8-6-15(7-9-16)20-21-17-18-14-19-24-17/h3-11,14H,2,12-13H2,1H3/q+1. The predicted octanol–water partition coefficient (Wildman–Crippen LogP) is 3.77. The monoisotopic (exact) mass is 339 g/mol. The number of azo groups is 1. The smallest absolute Gasteiger partial charge is 0.249 e. The van der Waals surface area contributed by atoms with Crippen LogP contribution in [-0.2, 0) is 6.54 Å². The number of likely N-dealkylation sites (N-methyl/N-ethyl adjacent to an activating group) is 1. The van der Waals surface area contributed by atoms with E-state index in [0.717, 1.165) is 25.3 Å². The maximum atomic E-state index is 4.18. The van der Waals surface area contributed by atoms with Crippen molar-refractivity contribution in [3.8, 4) is 0 Å². The van der Waals surface area contributed by atoms with Crippen LogP contribution in [0.15, 0.2) is 71.4 Å². The first kappa shape index (κ1) is 16.2. The molecular formula is C17H19N6S+. The number of anilines is 1. The molecule has 0 saturated heterocycles. The molecule has 24 heavy (non-hydrogen) atoms. The normalized spacial score (nSPS) is 11.0. The van der Waals surface area contributed by atoms with Crippen LogP contribution in [0, 0.1) is 0 Å². The number of benzene rings is 1. The van der Waals surface area contributed by atoms with Crippen LogP contribution in [0.2, 0.25) is 0 Å². The van der Waals surface area contributed by atoms with Crippen LogP contribution >= 0.6 is 11.5 Å². The average Bonchev–Trinajstić information content (AvgIpc) is 3.16. The van der Waals surface area contributed by atoms with Crippen molar-refractivity contribution >= 4 is 28.0 Å². The average molecular weight is 339 g/mol. The van der Waals surface area contributed by atoms with Gasteiger partial charge < -0.3 is 4.90 Å². The van der Waals surface area contributed by atoms with Crippen molar-refractivity contribution in [2.45, 2.75) is 13.5 Å². The van der Waals surface area contributed by atoms with Crippen LogP contribution in [0.3, 0.4) is 0 Å². The van der Waals surface area contributed by atoms with Crippen molar-refractivity contribution in [1.82, 2.24) is 9.36 Å².